The molecule has 0 unspecified atom stereocenters. The SMILES string of the molecule is Cc1nn(Cc2ccccc2)c(Cl)c1C(=O)OCC(=O)N1CCCC[C@@H]1C. The fraction of sp³-hybridized carbons (Fsp3) is 0.450. The van der Waals surface area contributed by atoms with Crippen molar-refractivity contribution in [1.29, 1.82) is 0 Å². The topological polar surface area (TPSA) is 64.4 Å². The van der Waals surface area contributed by atoms with E-state index in [1.165, 1.54) is 0 Å². The summed E-state index contributed by atoms with van der Waals surface area (Å²) in [5.74, 6) is -0.782. The molecule has 0 aliphatic carbocycles. The minimum absolute atomic E-state index is 0.166. The number of piperidine rings is 1. The number of amides is 1. The van der Waals surface area contributed by atoms with Crippen LogP contribution in [-0.4, -0.2) is 45.8 Å². The van der Waals surface area contributed by atoms with Crippen LogP contribution >= 0.6 is 11.6 Å². The Morgan fingerprint density at radius 2 is 2.00 bits per heavy atom. The van der Waals surface area contributed by atoms with Crippen LogP contribution in [0.3, 0.4) is 0 Å². The molecule has 144 valence electrons. The summed E-state index contributed by atoms with van der Waals surface area (Å²) >= 11 is 6.37. The van der Waals surface area contributed by atoms with Crippen LogP contribution < -0.4 is 0 Å². The van der Waals surface area contributed by atoms with Crippen molar-refractivity contribution < 1.29 is 14.3 Å². The molecule has 7 heteroatoms. The highest BCUT2D eigenvalue weighted by Crippen LogP contribution is 2.22. The molecule has 1 aromatic carbocycles. The smallest absolute Gasteiger partial charge is 0.343 e. The first-order valence-electron chi connectivity index (χ1n) is 9.20. The Kier molecular flexibility index (Phi) is 6.16. The molecule has 0 radical (unpaired) electrons. The first-order valence-corrected chi connectivity index (χ1v) is 9.58. The lowest BCUT2D eigenvalue weighted by atomic mass is 10.0. The second-order valence-corrected chi connectivity index (χ2v) is 7.26. The summed E-state index contributed by atoms with van der Waals surface area (Å²) in [6.07, 6.45) is 3.10. The van der Waals surface area contributed by atoms with Crippen molar-refractivity contribution >= 4 is 23.5 Å². The molecule has 0 bridgehead atoms. The summed E-state index contributed by atoms with van der Waals surface area (Å²) < 4.78 is 6.82. The zero-order valence-corrected chi connectivity index (χ0v) is 16.4. The number of aromatic nitrogens is 2. The normalized spacial score (nSPS) is 17.0. The van der Waals surface area contributed by atoms with Crippen LogP contribution in [0.2, 0.25) is 5.15 Å². The Hall–Kier alpha value is -2.34. The number of halogens is 1. The third-order valence-electron chi connectivity index (χ3n) is 4.89. The number of nitrogens with zero attached hydrogens (tertiary/aromatic N) is 3. The molecule has 1 aliphatic rings. The summed E-state index contributed by atoms with van der Waals surface area (Å²) in [6.45, 7) is 4.62. The zero-order chi connectivity index (χ0) is 19.4. The molecule has 1 saturated heterocycles. The fourth-order valence-corrected chi connectivity index (χ4v) is 3.71. The monoisotopic (exact) mass is 389 g/mol. The molecule has 2 aromatic rings. The van der Waals surface area contributed by atoms with E-state index < -0.39 is 5.97 Å². The molecule has 1 atom stereocenters. The van der Waals surface area contributed by atoms with Crippen LogP contribution in [0.25, 0.3) is 0 Å². The van der Waals surface area contributed by atoms with Crippen LogP contribution in [-0.2, 0) is 16.1 Å². The minimum Gasteiger partial charge on any atom is -0.452 e. The van der Waals surface area contributed by atoms with Crippen LogP contribution in [0.1, 0.15) is 47.8 Å². The lowest BCUT2D eigenvalue weighted by Gasteiger charge is -2.33. The van der Waals surface area contributed by atoms with Gasteiger partial charge in [-0.1, -0.05) is 41.9 Å². The summed E-state index contributed by atoms with van der Waals surface area (Å²) in [4.78, 5) is 26.6. The summed E-state index contributed by atoms with van der Waals surface area (Å²) in [7, 11) is 0. The fourth-order valence-electron chi connectivity index (χ4n) is 3.40. The van der Waals surface area contributed by atoms with E-state index in [0.717, 1.165) is 24.8 Å². The standard InChI is InChI=1S/C20H24ClN3O3/c1-14-8-6-7-11-23(14)17(25)13-27-20(26)18-15(2)22-24(19(18)21)12-16-9-4-3-5-10-16/h3-5,9-10,14H,6-8,11-13H2,1-2H3/t14-/m0/s1. The number of carbonyl (C=O) groups is 2. The summed E-state index contributed by atoms with van der Waals surface area (Å²) in [6, 6.07) is 9.91. The molecule has 0 spiro atoms. The molecule has 0 saturated carbocycles. The van der Waals surface area contributed by atoms with Crippen molar-refractivity contribution in [1.82, 2.24) is 14.7 Å². The maximum Gasteiger partial charge on any atom is 0.343 e. The maximum atomic E-state index is 12.5. The van der Waals surface area contributed by atoms with Crippen molar-refractivity contribution in [3.05, 3.63) is 52.3 Å². The number of rotatable bonds is 5. The number of aryl methyl sites for hydroxylation is 1. The van der Waals surface area contributed by atoms with E-state index in [-0.39, 0.29) is 29.3 Å². The Morgan fingerprint density at radius 3 is 2.70 bits per heavy atom. The van der Waals surface area contributed by atoms with Gasteiger partial charge in [-0.05, 0) is 38.7 Å². The van der Waals surface area contributed by atoms with E-state index in [2.05, 4.69) is 5.10 Å². The number of ether oxygens (including phenoxy) is 1. The predicted octanol–water partition coefficient (Wildman–Crippen LogP) is 3.45. The number of hydrogen-bond acceptors (Lipinski definition) is 4. The van der Waals surface area contributed by atoms with Gasteiger partial charge in [0.2, 0.25) is 0 Å². The molecule has 3 rings (SSSR count). The number of esters is 1. The minimum atomic E-state index is -0.616. The first kappa shape index (κ1) is 19.4. The largest absolute Gasteiger partial charge is 0.452 e. The van der Waals surface area contributed by atoms with Crippen LogP contribution in [0.15, 0.2) is 30.3 Å². The van der Waals surface area contributed by atoms with Gasteiger partial charge in [-0.15, -0.1) is 0 Å². The second kappa shape index (κ2) is 8.57. The molecular weight excluding hydrogens is 366 g/mol. The Labute approximate surface area is 164 Å². The molecular formula is C20H24ClN3O3. The van der Waals surface area contributed by atoms with Crippen molar-refractivity contribution in [2.24, 2.45) is 0 Å². The summed E-state index contributed by atoms with van der Waals surface area (Å²) in [5, 5.41) is 4.57. The molecule has 6 nitrogen and oxygen atoms in total. The van der Waals surface area contributed by atoms with Crippen LogP contribution in [0.4, 0.5) is 0 Å². The highest BCUT2D eigenvalue weighted by Gasteiger charge is 2.26. The second-order valence-electron chi connectivity index (χ2n) is 6.90. The van der Waals surface area contributed by atoms with Gasteiger partial charge < -0.3 is 9.64 Å². The van der Waals surface area contributed by atoms with Gasteiger partial charge in [0.25, 0.3) is 5.91 Å². The number of carbonyl (C=O) groups excluding carboxylic acids is 2. The number of benzene rings is 1. The van der Waals surface area contributed by atoms with E-state index in [1.54, 1.807) is 16.5 Å². The average molecular weight is 390 g/mol. The lowest BCUT2D eigenvalue weighted by molar-refractivity contribution is -0.137. The van der Waals surface area contributed by atoms with E-state index >= 15 is 0 Å². The van der Waals surface area contributed by atoms with Gasteiger partial charge in [-0.2, -0.15) is 5.10 Å². The average Bonchev–Trinajstić information content (AvgIpc) is 2.94. The molecule has 1 aliphatic heterocycles. The highest BCUT2D eigenvalue weighted by atomic mass is 35.5. The van der Waals surface area contributed by atoms with Gasteiger partial charge >= 0.3 is 5.97 Å². The lowest BCUT2D eigenvalue weighted by Crippen LogP contribution is -2.44. The van der Waals surface area contributed by atoms with Gasteiger partial charge in [-0.25, -0.2) is 9.48 Å². The molecule has 27 heavy (non-hydrogen) atoms. The first-order chi connectivity index (χ1) is 13.0. The Balaban J connectivity index is 1.65. The van der Waals surface area contributed by atoms with Crippen LogP contribution in [0.5, 0.6) is 0 Å². The van der Waals surface area contributed by atoms with Crippen molar-refractivity contribution in [2.45, 2.75) is 45.7 Å². The molecule has 2 heterocycles. The zero-order valence-electron chi connectivity index (χ0n) is 15.7. The van der Waals surface area contributed by atoms with Gasteiger partial charge in [-0.3, -0.25) is 4.79 Å². The van der Waals surface area contributed by atoms with E-state index in [0.29, 0.717) is 18.8 Å². The van der Waals surface area contributed by atoms with Crippen LogP contribution in [0, 0.1) is 6.92 Å². The van der Waals surface area contributed by atoms with Crippen molar-refractivity contribution in [2.75, 3.05) is 13.2 Å². The van der Waals surface area contributed by atoms with Gasteiger partial charge in [0.15, 0.2) is 6.61 Å². The molecule has 1 aromatic heterocycles. The van der Waals surface area contributed by atoms with E-state index in [4.69, 9.17) is 16.3 Å². The van der Waals surface area contributed by atoms with Gasteiger partial charge in [0, 0.05) is 12.6 Å². The molecule has 1 fully saturated rings. The highest BCUT2D eigenvalue weighted by molar-refractivity contribution is 6.32. The van der Waals surface area contributed by atoms with E-state index in [9.17, 15) is 9.59 Å². The summed E-state index contributed by atoms with van der Waals surface area (Å²) in [5.41, 5.74) is 1.72. The molecule has 1 amide bonds. The molecule has 0 N–H and O–H groups in total. The third-order valence-corrected chi connectivity index (χ3v) is 5.28. The van der Waals surface area contributed by atoms with E-state index in [1.807, 2.05) is 37.3 Å². The quantitative estimate of drug-likeness (QED) is 0.734. The Morgan fingerprint density at radius 1 is 1.26 bits per heavy atom. The third kappa shape index (κ3) is 4.50. The Bertz CT molecular complexity index is 819. The maximum absolute atomic E-state index is 12.5. The van der Waals surface area contributed by atoms with Crippen molar-refractivity contribution in [3.8, 4) is 0 Å². The van der Waals surface area contributed by atoms with Gasteiger partial charge in [0.05, 0.1) is 12.2 Å². The number of hydrogen-bond donors (Lipinski definition) is 0. The van der Waals surface area contributed by atoms with Crippen molar-refractivity contribution in [3.63, 3.8) is 0 Å². The van der Waals surface area contributed by atoms with Gasteiger partial charge in [0.1, 0.15) is 10.7 Å². The number of likely N-dealkylation sites (tertiary alicyclic amines) is 1. The predicted molar refractivity (Wildman–Crippen MR) is 103 cm³/mol.